The molecule has 1 aromatic rings. The van der Waals surface area contributed by atoms with Gasteiger partial charge in [-0.3, -0.25) is 4.98 Å². The van der Waals surface area contributed by atoms with Crippen molar-refractivity contribution in [1.29, 1.82) is 0 Å². The van der Waals surface area contributed by atoms with E-state index in [0.717, 1.165) is 12.8 Å². The molecule has 0 saturated carbocycles. The summed E-state index contributed by atoms with van der Waals surface area (Å²) in [5.41, 5.74) is 6.36. The third-order valence-electron chi connectivity index (χ3n) is 3.61. The van der Waals surface area contributed by atoms with Gasteiger partial charge in [-0.2, -0.15) is 17.4 Å². The minimum Gasteiger partial charge on any atom is -0.330 e. The molecule has 7 heteroatoms. The lowest BCUT2D eigenvalue weighted by Gasteiger charge is -2.32. The quantitative estimate of drug-likeness (QED) is 0.835. The highest BCUT2D eigenvalue weighted by Gasteiger charge is 2.29. The second-order valence-electron chi connectivity index (χ2n) is 5.20. The second kappa shape index (κ2) is 6.62. The van der Waals surface area contributed by atoms with E-state index in [9.17, 15) is 8.42 Å². The summed E-state index contributed by atoms with van der Waals surface area (Å²) >= 11 is 0. The molecule has 112 valence electrons. The highest BCUT2D eigenvalue weighted by atomic mass is 32.2. The fourth-order valence-electron chi connectivity index (χ4n) is 2.43. The number of hydrogen-bond donors (Lipinski definition) is 2. The number of aromatic nitrogens is 1. The van der Waals surface area contributed by atoms with Gasteiger partial charge in [-0.05, 0) is 44.4 Å². The van der Waals surface area contributed by atoms with Crippen molar-refractivity contribution in [1.82, 2.24) is 14.0 Å². The Hall–Kier alpha value is -1.02. The van der Waals surface area contributed by atoms with Crippen LogP contribution in [0.25, 0.3) is 0 Å². The third kappa shape index (κ3) is 3.76. The Balaban J connectivity index is 2.03. The Morgan fingerprint density at radius 1 is 1.55 bits per heavy atom. The zero-order valence-electron chi connectivity index (χ0n) is 11.7. The zero-order chi connectivity index (χ0) is 14.6. The van der Waals surface area contributed by atoms with Gasteiger partial charge < -0.3 is 5.73 Å². The Kier molecular flexibility index (Phi) is 5.09. The van der Waals surface area contributed by atoms with E-state index in [2.05, 4.69) is 9.71 Å². The van der Waals surface area contributed by atoms with Crippen LogP contribution in [-0.2, 0) is 10.2 Å². The summed E-state index contributed by atoms with van der Waals surface area (Å²) in [6.45, 7) is 3.38. The molecule has 1 aromatic heterocycles. The number of rotatable bonds is 5. The van der Waals surface area contributed by atoms with Crippen LogP contribution >= 0.6 is 0 Å². The zero-order valence-corrected chi connectivity index (χ0v) is 12.5. The molecule has 0 bridgehead atoms. The van der Waals surface area contributed by atoms with Gasteiger partial charge in [-0.1, -0.05) is 6.07 Å². The number of nitrogens with two attached hydrogens (primary N) is 1. The molecule has 6 nitrogen and oxygen atoms in total. The standard InChI is InChI=1S/C13H22N4O2S/c1-11(13-6-2-3-7-15-13)16-20(18,19)17-8-4-5-12(9-14)10-17/h2-3,6-7,11-12,16H,4-5,8-10,14H2,1H3. The molecule has 0 radical (unpaired) electrons. The van der Waals surface area contributed by atoms with Crippen LogP contribution in [0.4, 0.5) is 0 Å². The maximum absolute atomic E-state index is 12.4. The topological polar surface area (TPSA) is 88.3 Å². The Bertz CT molecular complexity index is 520. The fraction of sp³-hybridized carbons (Fsp3) is 0.615. The van der Waals surface area contributed by atoms with E-state index in [4.69, 9.17) is 5.73 Å². The van der Waals surface area contributed by atoms with Crippen LogP contribution in [-0.4, -0.2) is 37.3 Å². The Morgan fingerprint density at radius 3 is 3.00 bits per heavy atom. The molecular formula is C13H22N4O2S. The van der Waals surface area contributed by atoms with E-state index in [1.807, 2.05) is 12.1 Å². The summed E-state index contributed by atoms with van der Waals surface area (Å²) in [7, 11) is -3.49. The molecule has 0 spiro atoms. The van der Waals surface area contributed by atoms with Gasteiger partial charge in [0, 0.05) is 19.3 Å². The van der Waals surface area contributed by atoms with Gasteiger partial charge in [0.1, 0.15) is 0 Å². The van der Waals surface area contributed by atoms with E-state index in [0.29, 0.717) is 25.3 Å². The highest BCUT2D eigenvalue weighted by Crippen LogP contribution is 2.19. The molecule has 0 amide bonds. The van der Waals surface area contributed by atoms with Crippen molar-refractivity contribution in [3.05, 3.63) is 30.1 Å². The van der Waals surface area contributed by atoms with Crippen molar-refractivity contribution in [3.8, 4) is 0 Å². The van der Waals surface area contributed by atoms with Crippen molar-refractivity contribution < 1.29 is 8.42 Å². The van der Waals surface area contributed by atoms with Gasteiger partial charge in [0.05, 0.1) is 11.7 Å². The van der Waals surface area contributed by atoms with E-state index in [1.54, 1.807) is 19.2 Å². The lowest BCUT2D eigenvalue weighted by molar-refractivity contribution is 0.267. The minimum absolute atomic E-state index is 0.255. The summed E-state index contributed by atoms with van der Waals surface area (Å²) < 4.78 is 28.9. The van der Waals surface area contributed by atoms with Crippen LogP contribution in [0.2, 0.25) is 0 Å². The summed E-state index contributed by atoms with van der Waals surface area (Å²) in [4.78, 5) is 4.17. The molecule has 1 saturated heterocycles. The summed E-state index contributed by atoms with van der Waals surface area (Å²) in [6.07, 6.45) is 3.52. The van der Waals surface area contributed by atoms with Crippen molar-refractivity contribution in [3.63, 3.8) is 0 Å². The normalized spacial score (nSPS) is 22.6. The Morgan fingerprint density at radius 2 is 2.35 bits per heavy atom. The summed E-state index contributed by atoms with van der Waals surface area (Å²) in [5.74, 6) is 0.255. The van der Waals surface area contributed by atoms with E-state index in [-0.39, 0.29) is 12.0 Å². The van der Waals surface area contributed by atoms with Crippen LogP contribution < -0.4 is 10.5 Å². The molecule has 0 aliphatic carbocycles. The number of nitrogens with zero attached hydrogens (tertiary/aromatic N) is 2. The van der Waals surface area contributed by atoms with Crippen molar-refractivity contribution in [2.45, 2.75) is 25.8 Å². The molecule has 0 aromatic carbocycles. The number of nitrogens with one attached hydrogen (secondary N) is 1. The second-order valence-corrected chi connectivity index (χ2v) is 6.90. The molecule has 1 fully saturated rings. The number of pyridine rings is 1. The van der Waals surface area contributed by atoms with E-state index >= 15 is 0 Å². The predicted octanol–water partition coefficient (Wildman–Crippen LogP) is 0.648. The van der Waals surface area contributed by atoms with Gasteiger partial charge >= 0.3 is 0 Å². The maximum Gasteiger partial charge on any atom is 0.280 e. The molecule has 1 aliphatic rings. The Labute approximate surface area is 120 Å². The van der Waals surface area contributed by atoms with Crippen molar-refractivity contribution in [2.24, 2.45) is 11.7 Å². The van der Waals surface area contributed by atoms with E-state index in [1.165, 1.54) is 4.31 Å². The molecule has 3 N–H and O–H groups in total. The molecule has 2 rings (SSSR count). The first-order valence-corrected chi connectivity index (χ1v) is 8.35. The van der Waals surface area contributed by atoms with Crippen LogP contribution in [0.1, 0.15) is 31.5 Å². The highest BCUT2D eigenvalue weighted by molar-refractivity contribution is 7.87. The summed E-state index contributed by atoms with van der Waals surface area (Å²) in [6, 6.07) is 5.12. The molecule has 20 heavy (non-hydrogen) atoms. The maximum atomic E-state index is 12.4. The largest absolute Gasteiger partial charge is 0.330 e. The van der Waals surface area contributed by atoms with Gasteiger partial charge in [-0.25, -0.2) is 0 Å². The van der Waals surface area contributed by atoms with Gasteiger partial charge in [0.2, 0.25) is 0 Å². The summed E-state index contributed by atoms with van der Waals surface area (Å²) in [5, 5.41) is 0. The van der Waals surface area contributed by atoms with Gasteiger partial charge in [0.25, 0.3) is 10.2 Å². The average molecular weight is 298 g/mol. The van der Waals surface area contributed by atoms with Crippen LogP contribution in [0, 0.1) is 5.92 Å². The van der Waals surface area contributed by atoms with E-state index < -0.39 is 10.2 Å². The lowest BCUT2D eigenvalue weighted by Crippen LogP contribution is -2.47. The van der Waals surface area contributed by atoms with Gasteiger partial charge in [-0.15, -0.1) is 0 Å². The van der Waals surface area contributed by atoms with Crippen molar-refractivity contribution >= 4 is 10.2 Å². The first-order valence-electron chi connectivity index (χ1n) is 6.91. The number of piperidine rings is 1. The van der Waals surface area contributed by atoms with Crippen LogP contribution in [0.15, 0.2) is 24.4 Å². The lowest BCUT2D eigenvalue weighted by atomic mass is 10.0. The molecule has 1 aliphatic heterocycles. The average Bonchev–Trinajstić information content (AvgIpc) is 2.48. The predicted molar refractivity (Wildman–Crippen MR) is 78.1 cm³/mol. The first kappa shape index (κ1) is 15.4. The van der Waals surface area contributed by atoms with Gasteiger partial charge in [0.15, 0.2) is 0 Å². The van der Waals surface area contributed by atoms with Crippen LogP contribution in [0.3, 0.4) is 0 Å². The molecule has 2 unspecified atom stereocenters. The first-order chi connectivity index (χ1) is 9.53. The van der Waals surface area contributed by atoms with Crippen LogP contribution in [0.5, 0.6) is 0 Å². The third-order valence-corrected chi connectivity index (χ3v) is 5.27. The monoisotopic (exact) mass is 298 g/mol. The fourth-order valence-corrected chi connectivity index (χ4v) is 3.92. The molecule has 2 atom stereocenters. The molecular weight excluding hydrogens is 276 g/mol. The smallest absolute Gasteiger partial charge is 0.280 e. The minimum atomic E-state index is -3.49. The SMILES string of the molecule is CC(NS(=O)(=O)N1CCCC(CN)C1)c1ccccn1. The molecule has 2 heterocycles. The number of hydrogen-bond acceptors (Lipinski definition) is 4. The van der Waals surface area contributed by atoms with Crippen molar-refractivity contribution in [2.75, 3.05) is 19.6 Å².